The van der Waals surface area contributed by atoms with Gasteiger partial charge in [-0.15, -0.1) is 0 Å². The molecule has 6 heteroatoms. The number of hydrogen-bond acceptors (Lipinski definition) is 4. The molecule has 1 fully saturated rings. The predicted octanol–water partition coefficient (Wildman–Crippen LogP) is 0.643. The Morgan fingerprint density at radius 3 is 1.32 bits per heavy atom. The lowest BCUT2D eigenvalue weighted by atomic mass is 9.78. The van der Waals surface area contributed by atoms with Crippen molar-refractivity contribution < 1.29 is 19.2 Å². The summed E-state index contributed by atoms with van der Waals surface area (Å²) in [6.07, 6.45) is 9.07. The largest absolute Gasteiger partial charge is 0.275 e. The van der Waals surface area contributed by atoms with E-state index in [0.717, 1.165) is 25.7 Å². The van der Waals surface area contributed by atoms with Gasteiger partial charge in [-0.25, -0.2) is 0 Å². The standard InChI is InChI=1S/C16H18N2O4/c19-13-5-6-14(20)17(13)9-11-3-1-2-4-12(11)10-18-15(21)7-8-16(18)22/h5-8,11-12H,1-4,9-10H2. The molecule has 0 aromatic rings. The lowest BCUT2D eigenvalue weighted by Crippen LogP contribution is -2.43. The summed E-state index contributed by atoms with van der Waals surface area (Å²) in [4.78, 5) is 49.3. The highest BCUT2D eigenvalue weighted by Gasteiger charge is 2.35. The van der Waals surface area contributed by atoms with Crippen molar-refractivity contribution in [3.8, 4) is 0 Å². The summed E-state index contributed by atoms with van der Waals surface area (Å²) in [5.74, 6) is -0.812. The topological polar surface area (TPSA) is 74.8 Å². The first kappa shape index (κ1) is 14.7. The molecule has 2 aliphatic heterocycles. The highest BCUT2D eigenvalue weighted by Crippen LogP contribution is 2.32. The monoisotopic (exact) mass is 302 g/mol. The Balaban J connectivity index is 1.66. The zero-order chi connectivity index (χ0) is 15.7. The Morgan fingerprint density at radius 2 is 1.00 bits per heavy atom. The fourth-order valence-electron chi connectivity index (χ4n) is 3.46. The summed E-state index contributed by atoms with van der Waals surface area (Å²) in [7, 11) is 0. The average molecular weight is 302 g/mol. The van der Waals surface area contributed by atoms with Crippen molar-refractivity contribution in [3.05, 3.63) is 24.3 Å². The minimum absolute atomic E-state index is 0.141. The second-order valence-corrected chi connectivity index (χ2v) is 6.05. The van der Waals surface area contributed by atoms with Crippen molar-refractivity contribution in [2.45, 2.75) is 25.7 Å². The van der Waals surface area contributed by atoms with E-state index in [1.807, 2.05) is 0 Å². The summed E-state index contributed by atoms with van der Waals surface area (Å²) in [5, 5.41) is 0. The van der Waals surface area contributed by atoms with E-state index in [1.165, 1.54) is 34.1 Å². The quantitative estimate of drug-likeness (QED) is 0.714. The van der Waals surface area contributed by atoms with Gasteiger partial charge in [-0.1, -0.05) is 12.8 Å². The van der Waals surface area contributed by atoms with E-state index < -0.39 is 0 Å². The van der Waals surface area contributed by atoms with Crippen molar-refractivity contribution in [1.29, 1.82) is 0 Å². The van der Waals surface area contributed by atoms with Crippen LogP contribution in [0.25, 0.3) is 0 Å². The Kier molecular flexibility index (Phi) is 3.92. The van der Waals surface area contributed by atoms with E-state index in [9.17, 15) is 19.2 Å². The molecule has 1 saturated carbocycles. The maximum atomic E-state index is 11.7. The fraction of sp³-hybridized carbons (Fsp3) is 0.500. The molecule has 0 aromatic heterocycles. The van der Waals surface area contributed by atoms with Crippen LogP contribution in [0, 0.1) is 11.8 Å². The molecule has 0 N–H and O–H groups in total. The van der Waals surface area contributed by atoms with Crippen molar-refractivity contribution >= 4 is 23.6 Å². The first-order valence-corrected chi connectivity index (χ1v) is 7.63. The number of hydrogen-bond donors (Lipinski definition) is 0. The van der Waals surface area contributed by atoms with E-state index in [4.69, 9.17) is 0 Å². The van der Waals surface area contributed by atoms with Gasteiger partial charge in [0.15, 0.2) is 0 Å². The molecular weight excluding hydrogens is 284 g/mol. The van der Waals surface area contributed by atoms with E-state index in [1.54, 1.807) is 0 Å². The average Bonchev–Trinajstić information content (AvgIpc) is 2.99. The van der Waals surface area contributed by atoms with Gasteiger partial charge < -0.3 is 0 Å². The zero-order valence-corrected chi connectivity index (χ0v) is 12.2. The van der Waals surface area contributed by atoms with Crippen LogP contribution in [-0.4, -0.2) is 46.5 Å². The van der Waals surface area contributed by atoms with Gasteiger partial charge in [0.05, 0.1) is 0 Å². The van der Waals surface area contributed by atoms with Crippen LogP contribution in [-0.2, 0) is 19.2 Å². The molecular formula is C16H18N2O4. The van der Waals surface area contributed by atoms with Gasteiger partial charge in [0.25, 0.3) is 23.6 Å². The smallest absolute Gasteiger partial charge is 0.253 e. The van der Waals surface area contributed by atoms with Crippen molar-refractivity contribution in [2.24, 2.45) is 11.8 Å². The Labute approximate surface area is 128 Å². The second-order valence-electron chi connectivity index (χ2n) is 6.05. The number of nitrogens with zero attached hydrogens (tertiary/aromatic N) is 2. The summed E-state index contributed by atoms with van der Waals surface area (Å²) < 4.78 is 0. The zero-order valence-electron chi connectivity index (χ0n) is 12.2. The highest BCUT2D eigenvalue weighted by atomic mass is 16.2. The Hall–Kier alpha value is -2.24. The molecule has 116 valence electrons. The van der Waals surface area contributed by atoms with Crippen LogP contribution in [0.1, 0.15) is 25.7 Å². The van der Waals surface area contributed by atoms with Crippen LogP contribution in [0.3, 0.4) is 0 Å². The van der Waals surface area contributed by atoms with Crippen LogP contribution in [0.15, 0.2) is 24.3 Å². The predicted molar refractivity (Wildman–Crippen MR) is 77.2 cm³/mol. The third kappa shape index (κ3) is 2.73. The summed E-state index contributed by atoms with van der Waals surface area (Å²) >= 11 is 0. The molecule has 3 aliphatic rings. The third-order valence-corrected chi connectivity index (χ3v) is 4.70. The second kappa shape index (κ2) is 5.87. The maximum absolute atomic E-state index is 11.7. The molecule has 0 saturated heterocycles. The summed E-state index contributed by atoms with van der Waals surface area (Å²) in [6.45, 7) is 0.748. The van der Waals surface area contributed by atoms with Crippen molar-refractivity contribution in [2.75, 3.05) is 13.1 Å². The van der Waals surface area contributed by atoms with Crippen LogP contribution >= 0.6 is 0 Å². The Morgan fingerprint density at radius 1 is 0.682 bits per heavy atom. The number of carbonyl (C=O) groups is 4. The number of imide groups is 2. The van der Waals surface area contributed by atoms with Gasteiger partial charge in [0, 0.05) is 37.4 Å². The molecule has 6 nitrogen and oxygen atoms in total. The van der Waals surface area contributed by atoms with Gasteiger partial charge in [-0.2, -0.15) is 0 Å². The highest BCUT2D eigenvalue weighted by molar-refractivity contribution is 6.13. The summed E-state index contributed by atoms with van der Waals surface area (Å²) in [6, 6.07) is 0. The van der Waals surface area contributed by atoms with Gasteiger partial charge in [-0.3, -0.25) is 29.0 Å². The fourth-order valence-corrected chi connectivity index (χ4v) is 3.46. The normalized spacial score (nSPS) is 28.4. The summed E-state index contributed by atoms with van der Waals surface area (Å²) in [5.41, 5.74) is 0. The minimum Gasteiger partial charge on any atom is -0.275 e. The first-order valence-electron chi connectivity index (χ1n) is 7.63. The lowest BCUT2D eigenvalue weighted by molar-refractivity contribution is -0.141. The molecule has 1 aliphatic carbocycles. The van der Waals surface area contributed by atoms with Gasteiger partial charge in [0.2, 0.25) is 0 Å². The molecule has 0 radical (unpaired) electrons. The van der Waals surface area contributed by atoms with Gasteiger partial charge >= 0.3 is 0 Å². The van der Waals surface area contributed by atoms with Crippen LogP contribution in [0.2, 0.25) is 0 Å². The molecule has 4 amide bonds. The molecule has 3 rings (SSSR count). The maximum Gasteiger partial charge on any atom is 0.253 e. The molecule has 0 spiro atoms. The number of rotatable bonds is 4. The third-order valence-electron chi connectivity index (χ3n) is 4.70. The SMILES string of the molecule is O=C1C=CC(=O)N1CC1CCCCC1CN1C(=O)C=CC1=O. The number of carbonyl (C=O) groups excluding carboxylic acids is 4. The molecule has 22 heavy (non-hydrogen) atoms. The number of amides is 4. The minimum atomic E-state index is -0.274. The van der Waals surface area contributed by atoms with Crippen molar-refractivity contribution in [3.63, 3.8) is 0 Å². The van der Waals surface area contributed by atoms with E-state index >= 15 is 0 Å². The lowest BCUT2D eigenvalue weighted by Gasteiger charge is -2.35. The molecule has 2 unspecified atom stereocenters. The van der Waals surface area contributed by atoms with E-state index in [0.29, 0.717) is 13.1 Å². The van der Waals surface area contributed by atoms with Gasteiger partial charge in [0.1, 0.15) is 0 Å². The first-order chi connectivity index (χ1) is 10.6. The Bertz CT molecular complexity index is 505. The van der Waals surface area contributed by atoms with Gasteiger partial charge in [-0.05, 0) is 24.7 Å². The molecule has 2 atom stereocenters. The van der Waals surface area contributed by atoms with E-state index in [-0.39, 0.29) is 35.5 Å². The molecule has 0 bridgehead atoms. The van der Waals surface area contributed by atoms with E-state index in [2.05, 4.69) is 0 Å². The molecule has 2 heterocycles. The van der Waals surface area contributed by atoms with Crippen LogP contribution in [0.4, 0.5) is 0 Å². The molecule has 0 aromatic carbocycles. The van der Waals surface area contributed by atoms with Crippen LogP contribution in [0.5, 0.6) is 0 Å². The van der Waals surface area contributed by atoms with Crippen molar-refractivity contribution in [1.82, 2.24) is 9.80 Å². The van der Waals surface area contributed by atoms with Crippen LogP contribution < -0.4 is 0 Å².